The molecule has 3 heterocycles. The quantitative estimate of drug-likeness (QED) is 0.685. The summed E-state index contributed by atoms with van der Waals surface area (Å²) in [5.74, 6) is 0.256. The van der Waals surface area contributed by atoms with Crippen LogP contribution in [0.25, 0.3) is 0 Å². The summed E-state index contributed by atoms with van der Waals surface area (Å²) in [6.45, 7) is 2.66. The lowest BCUT2D eigenvalue weighted by Gasteiger charge is -2.33. The number of hydrogen-bond acceptors (Lipinski definition) is 7. The van der Waals surface area contributed by atoms with E-state index < -0.39 is 17.3 Å². The number of amides is 1. The minimum Gasteiger partial charge on any atom is -0.473 e. The van der Waals surface area contributed by atoms with E-state index in [2.05, 4.69) is 20.8 Å². The summed E-state index contributed by atoms with van der Waals surface area (Å²) >= 11 is 0. The lowest BCUT2D eigenvalue weighted by Crippen LogP contribution is -2.38. The molecule has 2 fully saturated rings. The Balaban J connectivity index is 1.30. The van der Waals surface area contributed by atoms with Gasteiger partial charge in [0.2, 0.25) is 11.8 Å². The van der Waals surface area contributed by atoms with Crippen LogP contribution in [0.5, 0.6) is 5.88 Å². The first kappa shape index (κ1) is 23.8. The summed E-state index contributed by atoms with van der Waals surface area (Å²) < 4.78 is 45.6. The molecule has 2 aromatic rings. The SMILES string of the molecule is N#Cc1ccc(N2CCC(C(=O)Nc3ccc(OC4CCNCC4)nn3)CC2)cc1C(F)(F)F. The molecule has 4 rings (SSSR count). The highest BCUT2D eigenvalue weighted by molar-refractivity contribution is 5.91. The Morgan fingerprint density at radius 2 is 1.85 bits per heavy atom. The van der Waals surface area contributed by atoms with Crippen LogP contribution in [0, 0.1) is 17.2 Å². The number of aromatic nitrogens is 2. The molecule has 0 saturated carbocycles. The Morgan fingerprint density at radius 1 is 1.12 bits per heavy atom. The van der Waals surface area contributed by atoms with Crippen molar-refractivity contribution >= 4 is 17.4 Å². The highest BCUT2D eigenvalue weighted by atomic mass is 19.4. The van der Waals surface area contributed by atoms with Gasteiger partial charge in [-0.1, -0.05) is 0 Å². The molecule has 0 unspecified atom stereocenters. The van der Waals surface area contributed by atoms with Crippen molar-refractivity contribution in [1.29, 1.82) is 5.26 Å². The Morgan fingerprint density at radius 3 is 2.47 bits per heavy atom. The molecule has 34 heavy (non-hydrogen) atoms. The van der Waals surface area contributed by atoms with E-state index in [1.807, 2.05) is 0 Å². The molecule has 2 aliphatic heterocycles. The molecular formula is C23H25F3N6O2. The van der Waals surface area contributed by atoms with Crippen molar-refractivity contribution in [3.63, 3.8) is 0 Å². The summed E-state index contributed by atoms with van der Waals surface area (Å²) in [4.78, 5) is 14.5. The maximum absolute atomic E-state index is 13.3. The fourth-order valence-electron chi connectivity index (χ4n) is 4.22. The van der Waals surface area contributed by atoms with Gasteiger partial charge in [-0.3, -0.25) is 4.79 Å². The standard InChI is InChI=1S/C23H25F3N6O2/c24-23(25,26)19-13-17(2-1-16(19)14-27)32-11-7-15(8-12-32)22(33)29-20-3-4-21(31-30-20)34-18-5-9-28-10-6-18/h1-4,13,15,18,28H,5-12H2,(H,29,30,33). The van der Waals surface area contributed by atoms with Gasteiger partial charge in [0.1, 0.15) is 6.10 Å². The van der Waals surface area contributed by atoms with Gasteiger partial charge in [0.15, 0.2) is 5.82 Å². The molecule has 0 atom stereocenters. The number of rotatable bonds is 5. The first-order valence-corrected chi connectivity index (χ1v) is 11.2. The maximum atomic E-state index is 13.3. The van der Waals surface area contributed by atoms with Gasteiger partial charge in [-0.25, -0.2) is 0 Å². The molecule has 1 aromatic carbocycles. The number of carbonyl (C=O) groups excluding carboxylic acids is 1. The molecule has 180 valence electrons. The van der Waals surface area contributed by atoms with E-state index in [1.165, 1.54) is 12.1 Å². The number of benzene rings is 1. The second kappa shape index (κ2) is 10.3. The van der Waals surface area contributed by atoms with Gasteiger partial charge in [-0.05, 0) is 63.0 Å². The Bertz CT molecular complexity index is 1040. The Labute approximate surface area is 195 Å². The molecule has 1 aromatic heterocycles. The van der Waals surface area contributed by atoms with Crippen LogP contribution in [0.15, 0.2) is 30.3 Å². The highest BCUT2D eigenvalue weighted by Crippen LogP contribution is 2.35. The van der Waals surface area contributed by atoms with E-state index >= 15 is 0 Å². The monoisotopic (exact) mass is 474 g/mol. The summed E-state index contributed by atoms with van der Waals surface area (Å²) in [7, 11) is 0. The van der Waals surface area contributed by atoms with Crippen LogP contribution in [0.1, 0.15) is 36.8 Å². The molecule has 0 spiro atoms. The van der Waals surface area contributed by atoms with Gasteiger partial charge >= 0.3 is 6.18 Å². The number of piperidine rings is 2. The third-order valence-electron chi connectivity index (χ3n) is 6.12. The number of alkyl halides is 3. The number of carbonyl (C=O) groups is 1. The molecule has 0 aliphatic carbocycles. The molecular weight excluding hydrogens is 449 g/mol. The topological polar surface area (TPSA) is 103 Å². The molecule has 2 N–H and O–H groups in total. The van der Waals surface area contributed by atoms with Gasteiger partial charge < -0.3 is 20.3 Å². The molecule has 0 radical (unpaired) electrons. The summed E-state index contributed by atoms with van der Waals surface area (Å²) in [5, 5.41) is 23.0. The van der Waals surface area contributed by atoms with Gasteiger partial charge in [-0.15, -0.1) is 10.2 Å². The zero-order valence-corrected chi connectivity index (χ0v) is 18.4. The lowest BCUT2D eigenvalue weighted by molar-refractivity contribution is -0.137. The van der Waals surface area contributed by atoms with E-state index in [-0.39, 0.29) is 17.9 Å². The molecule has 11 heteroatoms. The number of nitriles is 1. The second-order valence-electron chi connectivity index (χ2n) is 8.41. The average Bonchev–Trinajstić information content (AvgIpc) is 2.85. The van der Waals surface area contributed by atoms with Gasteiger partial charge in [-0.2, -0.15) is 18.4 Å². The number of ether oxygens (including phenoxy) is 1. The number of anilines is 2. The van der Waals surface area contributed by atoms with Crippen LogP contribution in [-0.4, -0.2) is 48.4 Å². The van der Waals surface area contributed by atoms with Gasteiger partial charge in [0, 0.05) is 30.8 Å². The van der Waals surface area contributed by atoms with E-state index in [0.29, 0.717) is 43.3 Å². The van der Waals surface area contributed by atoms with Crippen LogP contribution in [0.3, 0.4) is 0 Å². The minimum atomic E-state index is -4.60. The summed E-state index contributed by atoms with van der Waals surface area (Å²) in [6.07, 6.45) is -1.73. The second-order valence-corrected chi connectivity index (χ2v) is 8.41. The van der Waals surface area contributed by atoms with E-state index in [0.717, 1.165) is 32.0 Å². The summed E-state index contributed by atoms with van der Waals surface area (Å²) in [6, 6.07) is 8.61. The Kier molecular flexibility index (Phi) is 7.17. The van der Waals surface area contributed by atoms with Gasteiger partial charge in [0.25, 0.3) is 0 Å². The van der Waals surface area contributed by atoms with E-state index in [9.17, 15) is 18.0 Å². The fourth-order valence-corrected chi connectivity index (χ4v) is 4.22. The van der Waals surface area contributed by atoms with Crippen LogP contribution >= 0.6 is 0 Å². The average molecular weight is 474 g/mol. The van der Waals surface area contributed by atoms with Gasteiger partial charge in [0.05, 0.1) is 17.2 Å². The molecule has 2 saturated heterocycles. The van der Waals surface area contributed by atoms with Crippen molar-refractivity contribution in [2.24, 2.45) is 5.92 Å². The molecule has 1 amide bonds. The highest BCUT2D eigenvalue weighted by Gasteiger charge is 2.35. The van der Waals surface area contributed by atoms with Crippen LogP contribution in [0.2, 0.25) is 0 Å². The third kappa shape index (κ3) is 5.75. The van der Waals surface area contributed by atoms with E-state index in [4.69, 9.17) is 10.00 Å². The zero-order valence-electron chi connectivity index (χ0n) is 18.4. The smallest absolute Gasteiger partial charge is 0.417 e. The predicted octanol–water partition coefficient (Wildman–Crippen LogP) is 3.35. The number of halogens is 3. The van der Waals surface area contributed by atoms with Crippen LogP contribution < -0.4 is 20.3 Å². The fraction of sp³-hybridized carbons (Fsp3) is 0.478. The first-order chi connectivity index (χ1) is 16.3. The minimum absolute atomic E-state index is 0.101. The predicted molar refractivity (Wildman–Crippen MR) is 118 cm³/mol. The normalized spacial score (nSPS) is 17.8. The van der Waals surface area contributed by atoms with Crippen molar-refractivity contribution in [2.45, 2.75) is 38.0 Å². The third-order valence-corrected chi connectivity index (χ3v) is 6.12. The van der Waals surface area contributed by atoms with Crippen molar-refractivity contribution in [3.8, 4) is 11.9 Å². The largest absolute Gasteiger partial charge is 0.473 e. The summed E-state index contributed by atoms with van der Waals surface area (Å²) in [5.41, 5.74) is -0.960. The first-order valence-electron chi connectivity index (χ1n) is 11.2. The molecule has 0 bridgehead atoms. The van der Waals surface area contributed by atoms with Crippen molar-refractivity contribution in [3.05, 3.63) is 41.5 Å². The Hall–Kier alpha value is -3.39. The van der Waals surface area contributed by atoms with E-state index in [1.54, 1.807) is 23.1 Å². The number of hydrogen-bond donors (Lipinski definition) is 2. The maximum Gasteiger partial charge on any atom is 0.417 e. The zero-order chi connectivity index (χ0) is 24.1. The van der Waals surface area contributed by atoms with Crippen LogP contribution in [0.4, 0.5) is 24.7 Å². The number of nitrogens with zero attached hydrogens (tertiary/aromatic N) is 4. The lowest BCUT2D eigenvalue weighted by atomic mass is 9.95. The molecule has 8 nitrogen and oxygen atoms in total. The van der Waals surface area contributed by atoms with Crippen LogP contribution in [-0.2, 0) is 11.0 Å². The number of nitrogens with one attached hydrogen (secondary N) is 2. The molecule has 2 aliphatic rings. The van der Waals surface area contributed by atoms with Crippen molar-refractivity contribution in [1.82, 2.24) is 15.5 Å². The van der Waals surface area contributed by atoms with Crippen molar-refractivity contribution in [2.75, 3.05) is 36.4 Å². The van der Waals surface area contributed by atoms with Crippen molar-refractivity contribution < 1.29 is 22.7 Å².